The van der Waals surface area contributed by atoms with Crippen LogP contribution in [0.3, 0.4) is 0 Å². The molecule has 18 heavy (non-hydrogen) atoms. The summed E-state index contributed by atoms with van der Waals surface area (Å²) in [7, 11) is 3.69. The van der Waals surface area contributed by atoms with Crippen molar-refractivity contribution < 1.29 is 14.3 Å². The molecule has 1 amide bonds. The van der Waals surface area contributed by atoms with E-state index in [4.69, 9.17) is 16.2 Å². The topological polar surface area (TPSA) is 98.7 Å². The summed E-state index contributed by atoms with van der Waals surface area (Å²) in [6.45, 7) is 1.41. The third kappa shape index (κ3) is 3.13. The zero-order valence-corrected chi connectivity index (χ0v) is 10.6. The van der Waals surface area contributed by atoms with Crippen molar-refractivity contribution >= 4 is 23.3 Å². The van der Waals surface area contributed by atoms with E-state index in [9.17, 15) is 9.59 Å². The van der Waals surface area contributed by atoms with Gasteiger partial charge in [-0.05, 0) is 25.1 Å². The average molecular weight is 251 g/mol. The monoisotopic (exact) mass is 251 g/mol. The van der Waals surface area contributed by atoms with E-state index in [0.29, 0.717) is 5.69 Å². The molecule has 1 aromatic rings. The van der Waals surface area contributed by atoms with Gasteiger partial charge in [0.05, 0.1) is 16.9 Å². The Hall–Kier alpha value is -2.24. The first-order chi connectivity index (χ1) is 8.32. The predicted octanol–water partition coefficient (Wildman–Crippen LogP) is 0.365. The predicted molar refractivity (Wildman–Crippen MR) is 69.3 cm³/mol. The number of hydrogen-bond donors (Lipinski definition) is 2. The summed E-state index contributed by atoms with van der Waals surface area (Å²) < 4.78 is 4.87. The van der Waals surface area contributed by atoms with E-state index in [0.717, 1.165) is 5.69 Å². The Kier molecular flexibility index (Phi) is 4.14. The Bertz CT molecular complexity index is 472. The molecule has 0 bridgehead atoms. The molecule has 1 rings (SSSR count). The second-order valence-electron chi connectivity index (χ2n) is 4.12. The molecule has 0 aliphatic rings. The van der Waals surface area contributed by atoms with Crippen LogP contribution in [0.1, 0.15) is 17.3 Å². The molecule has 1 atom stereocenters. The van der Waals surface area contributed by atoms with E-state index < -0.39 is 18.0 Å². The summed E-state index contributed by atoms with van der Waals surface area (Å²) in [4.78, 5) is 24.3. The molecule has 0 aromatic heterocycles. The maximum absolute atomic E-state index is 11.7. The number of hydrogen-bond acceptors (Lipinski definition) is 5. The van der Waals surface area contributed by atoms with Crippen molar-refractivity contribution in [2.75, 3.05) is 24.7 Å². The number of anilines is 2. The number of nitrogens with zero attached hydrogens (tertiary/aromatic N) is 1. The van der Waals surface area contributed by atoms with E-state index in [1.807, 2.05) is 19.0 Å². The summed E-state index contributed by atoms with van der Waals surface area (Å²) in [5.74, 6) is -1.32. The molecule has 0 saturated heterocycles. The molecule has 0 fully saturated rings. The number of nitrogens with two attached hydrogens (primary N) is 2. The summed E-state index contributed by atoms with van der Waals surface area (Å²) >= 11 is 0. The lowest BCUT2D eigenvalue weighted by molar-refractivity contribution is -0.125. The van der Waals surface area contributed by atoms with E-state index >= 15 is 0 Å². The first-order valence-electron chi connectivity index (χ1n) is 5.40. The molecule has 4 N–H and O–H groups in total. The van der Waals surface area contributed by atoms with Gasteiger partial charge in [0.2, 0.25) is 0 Å². The molecule has 0 heterocycles. The fourth-order valence-corrected chi connectivity index (χ4v) is 1.38. The molecular weight excluding hydrogens is 234 g/mol. The van der Waals surface area contributed by atoms with Gasteiger partial charge in [-0.1, -0.05) is 0 Å². The van der Waals surface area contributed by atoms with E-state index in [2.05, 4.69) is 0 Å². The number of primary amides is 1. The molecule has 1 aromatic carbocycles. The number of ether oxygens (including phenoxy) is 1. The highest BCUT2D eigenvalue weighted by Gasteiger charge is 2.17. The fourth-order valence-electron chi connectivity index (χ4n) is 1.38. The SMILES string of the molecule is CC(OC(=O)c1ccc(N(C)C)c(N)c1)C(N)=O. The Labute approximate surface area is 105 Å². The molecule has 0 radical (unpaired) electrons. The lowest BCUT2D eigenvalue weighted by atomic mass is 10.1. The zero-order valence-electron chi connectivity index (χ0n) is 10.6. The van der Waals surface area contributed by atoms with Crippen molar-refractivity contribution in [3.05, 3.63) is 23.8 Å². The number of carbonyl (C=O) groups is 2. The van der Waals surface area contributed by atoms with Crippen LogP contribution >= 0.6 is 0 Å². The highest BCUT2D eigenvalue weighted by atomic mass is 16.5. The number of rotatable bonds is 4. The average Bonchev–Trinajstić information content (AvgIpc) is 2.27. The molecule has 98 valence electrons. The quantitative estimate of drug-likeness (QED) is 0.595. The van der Waals surface area contributed by atoms with Crippen molar-refractivity contribution in [3.8, 4) is 0 Å². The summed E-state index contributed by atoms with van der Waals surface area (Å²) in [6.07, 6.45) is -0.966. The standard InChI is InChI=1S/C12H17N3O3/c1-7(11(14)16)18-12(17)8-4-5-10(15(2)3)9(13)6-8/h4-7H,13H2,1-3H3,(H2,14,16). The second kappa shape index (κ2) is 5.39. The minimum absolute atomic E-state index is 0.284. The fraction of sp³-hybridized carbons (Fsp3) is 0.333. The van der Waals surface area contributed by atoms with E-state index in [-0.39, 0.29) is 5.56 Å². The molecule has 0 saturated carbocycles. The van der Waals surface area contributed by atoms with Gasteiger partial charge in [0.15, 0.2) is 6.10 Å². The van der Waals surface area contributed by atoms with Crippen LogP contribution in [-0.4, -0.2) is 32.1 Å². The van der Waals surface area contributed by atoms with Crippen LogP contribution in [-0.2, 0) is 9.53 Å². The van der Waals surface area contributed by atoms with Crippen molar-refractivity contribution in [2.24, 2.45) is 5.73 Å². The van der Waals surface area contributed by atoms with Crippen LogP contribution in [0.25, 0.3) is 0 Å². The third-order valence-corrected chi connectivity index (χ3v) is 2.43. The van der Waals surface area contributed by atoms with Crippen LogP contribution in [0.4, 0.5) is 11.4 Å². The van der Waals surface area contributed by atoms with Gasteiger partial charge in [-0.25, -0.2) is 4.79 Å². The highest BCUT2D eigenvalue weighted by molar-refractivity contribution is 5.93. The maximum atomic E-state index is 11.7. The van der Waals surface area contributed by atoms with Gasteiger partial charge in [-0.3, -0.25) is 4.79 Å². The molecular formula is C12H17N3O3. The third-order valence-electron chi connectivity index (χ3n) is 2.43. The number of esters is 1. The molecule has 6 heteroatoms. The van der Waals surface area contributed by atoms with Crippen LogP contribution in [0, 0.1) is 0 Å². The van der Waals surface area contributed by atoms with Gasteiger partial charge in [-0.15, -0.1) is 0 Å². The number of benzene rings is 1. The van der Waals surface area contributed by atoms with E-state index in [1.165, 1.54) is 13.0 Å². The van der Waals surface area contributed by atoms with Gasteiger partial charge in [-0.2, -0.15) is 0 Å². The van der Waals surface area contributed by atoms with Gasteiger partial charge in [0.25, 0.3) is 5.91 Å². The Balaban J connectivity index is 2.88. The molecule has 6 nitrogen and oxygen atoms in total. The molecule has 0 aliphatic heterocycles. The zero-order chi connectivity index (χ0) is 13.9. The smallest absolute Gasteiger partial charge is 0.338 e. The first-order valence-corrected chi connectivity index (χ1v) is 5.40. The summed E-state index contributed by atoms with van der Waals surface area (Å²) in [5.41, 5.74) is 12.4. The van der Waals surface area contributed by atoms with Crippen molar-refractivity contribution in [1.29, 1.82) is 0 Å². The van der Waals surface area contributed by atoms with Crippen LogP contribution in [0.15, 0.2) is 18.2 Å². The van der Waals surface area contributed by atoms with Gasteiger partial charge in [0.1, 0.15) is 0 Å². The highest BCUT2D eigenvalue weighted by Crippen LogP contribution is 2.22. The molecule has 1 unspecified atom stereocenters. The van der Waals surface area contributed by atoms with Crippen molar-refractivity contribution in [3.63, 3.8) is 0 Å². The summed E-state index contributed by atoms with van der Waals surface area (Å²) in [6, 6.07) is 4.80. The number of carbonyl (C=O) groups excluding carboxylic acids is 2. The minimum Gasteiger partial charge on any atom is -0.449 e. The second-order valence-corrected chi connectivity index (χ2v) is 4.12. The number of amides is 1. The molecule has 0 aliphatic carbocycles. The maximum Gasteiger partial charge on any atom is 0.338 e. The van der Waals surface area contributed by atoms with Gasteiger partial charge in [0, 0.05) is 14.1 Å². The first kappa shape index (κ1) is 13.8. The van der Waals surface area contributed by atoms with Crippen molar-refractivity contribution in [1.82, 2.24) is 0 Å². The van der Waals surface area contributed by atoms with Crippen molar-refractivity contribution in [2.45, 2.75) is 13.0 Å². The Morgan fingerprint density at radius 2 is 1.94 bits per heavy atom. The van der Waals surface area contributed by atoms with Crippen LogP contribution in [0.2, 0.25) is 0 Å². The Morgan fingerprint density at radius 1 is 1.33 bits per heavy atom. The van der Waals surface area contributed by atoms with Crippen LogP contribution in [0.5, 0.6) is 0 Å². The Morgan fingerprint density at radius 3 is 2.39 bits per heavy atom. The largest absolute Gasteiger partial charge is 0.449 e. The number of nitrogen functional groups attached to an aromatic ring is 1. The minimum atomic E-state index is -0.966. The van der Waals surface area contributed by atoms with E-state index in [1.54, 1.807) is 12.1 Å². The van der Waals surface area contributed by atoms with Gasteiger partial charge >= 0.3 is 5.97 Å². The van der Waals surface area contributed by atoms with Crippen LogP contribution < -0.4 is 16.4 Å². The lowest BCUT2D eigenvalue weighted by Gasteiger charge is -2.16. The van der Waals surface area contributed by atoms with Gasteiger partial charge < -0.3 is 21.1 Å². The molecule has 0 spiro atoms. The normalized spacial score (nSPS) is 11.7. The summed E-state index contributed by atoms with van der Waals surface area (Å²) in [5, 5.41) is 0. The lowest BCUT2D eigenvalue weighted by Crippen LogP contribution is -2.30.